The molecule has 2 amide bonds. The number of likely N-dealkylation sites (N-methyl/N-ethyl adjacent to an activating group) is 1. The number of carbonyl (C=O) groups excluding carboxylic acids is 2. The summed E-state index contributed by atoms with van der Waals surface area (Å²) in [5, 5.41) is 27.3. The quantitative estimate of drug-likeness (QED) is 0.0606. The molecule has 6 atom stereocenters. The monoisotopic (exact) mass is 809 g/mol. The highest BCUT2D eigenvalue weighted by Crippen LogP contribution is 2.61. The van der Waals surface area contributed by atoms with Crippen molar-refractivity contribution in [1.82, 2.24) is 10.2 Å². The number of oxime groups is 1. The molecular weight excluding hydrogens is 751 g/mol. The number of hydrogen-bond acceptors (Lipinski definition) is 10. The minimum atomic E-state index is -1.39. The van der Waals surface area contributed by atoms with Gasteiger partial charge in [-0.25, -0.2) is 4.79 Å². The standard InChI is InChI=1S/C47H59N3O9/c1-5-25-56-47-42(50(3)43(53)27-33-17-14-19-35(26-33)55-4)30-40(49-57-6-2)38-28-34(18-10-12-23-51)37(20-11-13-24-52)44(45(38)47)39-29-36(21-22-41(39)59-47)58-46(54)48-31-32-15-8-7-9-16-32/h5,7-9,14-17,19,21-22,26,28-29,34,37,42,44-45,51-52H,1,6,10-13,18,20,23-25,27,30-31H2,2-4H3,(H,48,54). The van der Waals surface area contributed by atoms with Crippen molar-refractivity contribution in [1.29, 1.82) is 0 Å². The molecule has 3 aromatic rings. The number of nitrogens with zero attached hydrogens (tertiary/aromatic N) is 2. The Hall–Kier alpha value is -5.17. The first-order chi connectivity index (χ1) is 28.8. The SMILES string of the molecule is C=CCOC12Oc3ccc(OC(=O)NCc4ccccc4)cc3C3C(CCCCO)C(CCCCO)C=C(C(=NOCC)CC1N(C)C(=O)Cc1cccc(OC)c1)C32. The predicted molar refractivity (Wildman–Crippen MR) is 225 cm³/mol. The van der Waals surface area contributed by atoms with Gasteiger partial charge in [0.25, 0.3) is 0 Å². The van der Waals surface area contributed by atoms with E-state index in [1.165, 1.54) is 0 Å². The lowest BCUT2D eigenvalue weighted by Crippen LogP contribution is -2.69. The zero-order chi connectivity index (χ0) is 41.8. The number of carbonyl (C=O) groups is 2. The molecule has 6 rings (SSSR count). The summed E-state index contributed by atoms with van der Waals surface area (Å²) in [7, 11) is 3.39. The van der Waals surface area contributed by atoms with Crippen LogP contribution in [0.3, 0.4) is 0 Å². The van der Waals surface area contributed by atoms with Crippen LogP contribution < -0.4 is 19.5 Å². The third-order valence-corrected chi connectivity index (χ3v) is 11.8. The maximum atomic E-state index is 14.4. The summed E-state index contributed by atoms with van der Waals surface area (Å²) in [6.45, 7) is 6.87. The Balaban J connectivity index is 1.48. The van der Waals surface area contributed by atoms with E-state index >= 15 is 0 Å². The number of allylic oxidation sites excluding steroid dienone is 1. The number of aliphatic hydroxyl groups is 2. The summed E-state index contributed by atoms with van der Waals surface area (Å²) < 4.78 is 25.5. The van der Waals surface area contributed by atoms with Crippen molar-refractivity contribution in [2.24, 2.45) is 22.9 Å². The largest absolute Gasteiger partial charge is 0.497 e. The molecule has 3 aromatic carbocycles. The van der Waals surface area contributed by atoms with E-state index in [0.717, 1.165) is 47.9 Å². The van der Waals surface area contributed by atoms with Gasteiger partial charge in [0.15, 0.2) is 0 Å². The topological polar surface area (TPSA) is 148 Å². The van der Waals surface area contributed by atoms with Crippen molar-refractivity contribution in [2.45, 2.75) is 82.6 Å². The van der Waals surface area contributed by atoms with Crippen molar-refractivity contribution >= 4 is 17.7 Å². The van der Waals surface area contributed by atoms with Gasteiger partial charge in [0, 0.05) is 44.7 Å². The number of aliphatic hydroxyl groups excluding tert-OH is 2. The molecule has 12 nitrogen and oxygen atoms in total. The molecule has 0 aromatic heterocycles. The van der Waals surface area contributed by atoms with Crippen LogP contribution in [0.2, 0.25) is 0 Å². The molecule has 12 heteroatoms. The lowest BCUT2D eigenvalue weighted by atomic mass is 9.55. The van der Waals surface area contributed by atoms with Crippen LogP contribution in [-0.4, -0.2) is 85.2 Å². The summed E-state index contributed by atoms with van der Waals surface area (Å²) in [6.07, 6.45) is 8.32. The number of hydrogen-bond donors (Lipinski definition) is 3. The molecular formula is C47H59N3O9. The summed E-state index contributed by atoms with van der Waals surface area (Å²) in [4.78, 5) is 35.1. The molecule has 1 fully saturated rings. The number of ether oxygens (including phenoxy) is 4. The van der Waals surface area contributed by atoms with E-state index in [1.807, 2.05) is 73.7 Å². The van der Waals surface area contributed by atoms with Gasteiger partial charge in [-0.1, -0.05) is 72.6 Å². The highest BCUT2D eigenvalue weighted by Gasteiger charge is 2.65. The van der Waals surface area contributed by atoms with Gasteiger partial charge in [0.1, 0.15) is 29.9 Å². The van der Waals surface area contributed by atoms with E-state index in [-0.39, 0.29) is 49.9 Å². The molecule has 3 aliphatic rings. The smallest absolute Gasteiger partial charge is 0.412 e. The molecule has 2 aliphatic carbocycles. The van der Waals surface area contributed by atoms with Crippen molar-refractivity contribution in [2.75, 3.05) is 40.6 Å². The van der Waals surface area contributed by atoms with Gasteiger partial charge in [-0.2, -0.15) is 0 Å². The van der Waals surface area contributed by atoms with E-state index in [2.05, 4.69) is 18.0 Å². The second-order valence-corrected chi connectivity index (χ2v) is 15.5. The number of nitrogens with one attached hydrogen (secondary N) is 1. The van der Waals surface area contributed by atoms with Gasteiger partial charge in [-0.05, 0) is 91.5 Å². The first-order valence-electron chi connectivity index (χ1n) is 20.8. The molecule has 0 saturated heterocycles. The van der Waals surface area contributed by atoms with Crippen LogP contribution in [0.25, 0.3) is 0 Å². The number of unbranched alkanes of at least 4 members (excludes halogenated alkanes) is 2. The second-order valence-electron chi connectivity index (χ2n) is 15.5. The van der Waals surface area contributed by atoms with Gasteiger partial charge in [0.2, 0.25) is 11.7 Å². The summed E-state index contributed by atoms with van der Waals surface area (Å²) in [5.74, 6) is -0.575. The Labute approximate surface area is 347 Å². The van der Waals surface area contributed by atoms with Crippen LogP contribution in [0.4, 0.5) is 4.79 Å². The van der Waals surface area contributed by atoms with Crippen molar-refractivity contribution in [3.63, 3.8) is 0 Å². The van der Waals surface area contributed by atoms with E-state index in [0.29, 0.717) is 55.4 Å². The number of benzene rings is 3. The highest BCUT2D eigenvalue weighted by molar-refractivity contribution is 6.03. The summed E-state index contributed by atoms with van der Waals surface area (Å²) in [6, 6.07) is 21.9. The van der Waals surface area contributed by atoms with Crippen LogP contribution in [-0.2, 0) is 27.3 Å². The fourth-order valence-corrected chi connectivity index (χ4v) is 9.10. The maximum absolute atomic E-state index is 14.4. The third kappa shape index (κ3) is 10.0. The number of fused-ring (bicyclic) bond motifs is 2. The molecule has 1 saturated carbocycles. The average Bonchev–Trinajstić information content (AvgIpc) is 3.25. The lowest BCUT2D eigenvalue weighted by Gasteiger charge is -2.59. The van der Waals surface area contributed by atoms with Gasteiger partial charge < -0.3 is 44.2 Å². The Morgan fingerprint density at radius 1 is 0.983 bits per heavy atom. The van der Waals surface area contributed by atoms with Crippen LogP contribution in [0.1, 0.15) is 74.5 Å². The molecule has 1 aliphatic heterocycles. The minimum Gasteiger partial charge on any atom is -0.497 e. The van der Waals surface area contributed by atoms with Gasteiger partial charge in [-0.3, -0.25) is 4.79 Å². The molecule has 59 heavy (non-hydrogen) atoms. The van der Waals surface area contributed by atoms with Crippen molar-refractivity contribution in [3.05, 3.63) is 114 Å². The molecule has 0 spiro atoms. The Morgan fingerprint density at radius 2 is 1.75 bits per heavy atom. The normalized spacial score (nSPS) is 23.5. The van der Waals surface area contributed by atoms with E-state index in [4.69, 9.17) is 28.9 Å². The van der Waals surface area contributed by atoms with Crippen molar-refractivity contribution < 1.29 is 43.6 Å². The van der Waals surface area contributed by atoms with Crippen LogP contribution in [0.5, 0.6) is 17.2 Å². The molecule has 6 unspecified atom stereocenters. The Kier molecular flexibility index (Phi) is 15.2. The molecule has 1 heterocycles. The highest BCUT2D eigenvalue weighted by atomic mass is 16.7. The van der Waals surface area contributed by atoms with Gasteiger partial charge in [-0.15, -0.1) is 6.58 Å². The zero-order valence-corrected chi connectivity index (χ0v) is 34.5. The third-order valence-electron chi connectivity index (χ3n) is 11.8. The van der Waals surface area contributed by atoms with Crippen LogP contribution in [0.15, 0.2) is 102 Å². The Morgan fingerprint density at radius 3 is 2.47 bits per heavy atom. The first-order valence-corrected chi connectivity index (χ1v) is 20.8. The molecule has 0 radical (unpaired) electrons. The Bertz CT molecular complexity index is 1950. The van der Waals surface area contributed by atoms with Gasteiger partial charge >= 0.3 is 6.09 Å². The number of rotatable bonds is 20. The molecule has 3 N–H and O–H groups in total. The van der Waals surface area contributed by atoms with Crippen LogP contribution >= 0.6 is 0 Å². The lowest BCUT2D eigenvalue weighted by molar-refractivity contribution is -0.255. The van der Waals surface area contributed by atoms with Crippen LogP contribution in [0, 0.1) is 17.8 Å². The molecule has 316 valence electrons. The second kappa shape index (κ2) is 20.7. The minimum absolute atomic E-state index is 0.0235. The fraction of sp³-hybridized carbons (Fsp3) is 0.468. The van der Waals surface area contributed by atoms with E-state index in [9.17, 15) is 19.8 Å². The zero-order valence-electron chi connectivity index (χ0n) is 34.5. The van der Waals surface area contributed by atoms with Crippen molar-refractivity contribution in [3.8, 4) is 17.2 Å². The fourth-order valence-electron chi connectivity index (χ4n) is 9.10. The van der Waals surface area contributed by atoms with Gasteiger partial charge in [0.05, 0.1) is 31.8 Å². The van der Waals surface area contributed by atoms with E-state index in [1.54, 1.807) is 31.2 Å². The average molecular weight is 810 g/mol. The number of methoxy groups -OCH3 is 1. The summed E-state index contributed by atoms with van der Waals surface area (Å²) in [5.41, 5.74) is 4.26. The first kappa shape index (κ1) is 43.4. The van der Waals surface area contributed by atoms with E-state index < -0.39 is 23.8 Å². The summed E-state index contributed by atoms with van der Waals surface area (Å²) >= 11 is 0. The number of amides is 2. The predicted octanol–water partition coefficient (Wildman–Crippen LogP) is 7.34. The maximum Gasteiger partial charge on any atom is 0.412 e. The molecule has 0 bridgehead atoms.